The fourth-order valence-electron chi connectivity index (χ4n) is 2.80. The molecule has 0 spiro atoms. The van der Waals surface area contributed by atoms with Gasteiger partial charge in [0.05, 0.1) is 12.2 Å². The topological polar surface area (TPSA) is 43.7 Å². The van der Waals surface area contributed by atoms with Crippen molar-refractivity contribution in [2.24, 2.45) is 0 Å². The van der Waals surface area contributed by atoms with Gasteiger partial charge in [-0.2, -0.15) is 0 Å². The van der Waals surface area contributed by atoms with Crippen LogP contribution in [0, 0.1) is 0 Å². The highest BCUT2D eigenvalue weighted by molar-refractivity contribution is 4.92. The van der Waals surface area contributed by atoms with Crippen LogP contribution in [0.4, 0.5) is 0 Å². The van der Waals surface area contributed by atoms with Gasteiger partial charge in [0, 0.05) is 18.6 Å². The molecule has 1 saturated carbocycles. The molecule has 0 radical (unpaired) electrons. The maximum Gasteiger partial charge on any atom is 0.0695 e. The average molecular weight is 185 g/mol. The van der Waals surface area contributed by atoms with Crippen LogP contribution in [-0.2, 0) is 0 Å². The summed E-state index contributed by atoms with van der Waals surface area (Å²) in [6, 6.07) is 0.750. The maximum atomic E-state index is 9.73. The molecule has 1 heterocycles. The fourth-order valence-corrected chi connectivity index (χ4v) is 2.80. The van der Waals surface area contributed by atoms with Crippen LogP contribution in [0.1, 0.15) is 32.6 Å². The second-order valence-electron chi connectivity index (χ2n) is 4.50. The first-order valence-corrected chi connectivity index (χ1v) is 5.30. The number of aliphatic hydroxyl groups is 2. The third kappa shape index (κ3) is 1.73. The summed E-state index contributed by atoms with van der Waals surface area (Å²) >= 11 is 0. The first kappa shape index (κ1) is 9.44. The van der Waals surface area contributed by atoms with Crippen molar-refractivity contribution in [1.82, 2.24) is 4.90 Å². The van der Waals surface area contributed by atoms with E-state index >= 15 is 0 Å². The Labute approximate surface area is 79.4 Å². The van der Waals surface area contributed by atoms with Crippen LogP contribution >= 0.6 is 0 Å². The zero-order valence-electron chi connectivity index (χ0n) is 8.19. The summed E-state index contributed by atoms with van der Waals surface area (Å²) < 4.78 is 0. The van der Waals surface area contributed by atoms with Crippen molar-refractivity contribution in [3.8, 4) is 0 Å². The lowest BCUT2D eigenvalue weighted by Gasteiger charge is -2.30. The van der Waals surface area contributed by atoms with Crippen molar-refractivity contribution in [2.75, 3.05) is 6.54 Å². The zero-order valence-corrected chi connectivity index (χ0v) is 8.19. The van der Waals surface area contributed by atoms with E-state index in [9.17, 15) is 10.2 Å². The van der Waals surface area contributed by atoms with E-state index < -0.39 is 0 Å². The van der Waals surface area contributed by atoms with Gasteiger partial charge in [-0.05, 0) is 32.6 Å². The minimum Gasteiger partial charge on any atom is -0.392 e. The van der Waals surface area contributed by atoms with Gasteiger partial charge in [-0.3, -0.25) is 4.90 Å². The summed E-state index contributed by atoms with van der Waals surface area (Å²) in [5, 5.41) is 19.2. The summed E-state index contributed by atoms with van der Waals surface area (Å²) in [4.78, 5) is 2.28. The lowest BCUT2D eigenvalue weighted by molar-refractivity contribution is 0.0603. The molecule has 2 fully saturated rings. The molecule has 0 amide bonds. The van der Waals surface area contributed by atoms with Gasteiger partial charge in [0.1, 0.15) is 0 Å². The smallest absolute Gasteiger partial charge is 0.0695 e. The number of β-amino-alcohol motifs (C(OH)–C–C–N with tert-alkyl or cyclic N) is 1. The number of nitrogens with zero attached hydrogens (tertiary/aromatic N) is 1. The van der Waals surface area contributed by atoms with E-state index in [1.165, 1.54) is 0 Å². The molecule has 0 bridgehead atoms. The Kier molecular flexibility index (Phi) is 2.58. The van der Waals surface area contributed by atoms with Gasteiger partial charge in [0.25, 0.3) is 0 Å². The molecule has 1 aliphatic carbocycles. The van der Waals surface area contributed by atoms with Gasteiger partial charge in [-0.15, -0.1) is 0 Å². The molecule has 0 aromatic rings. The summed E-state index contributed by atoms with van der Waals surface area (Å²) in [5.74, 6) is 0. The van der Waals surface area contributed by atoms with Gasteiger partial charge < -0.3 is 10.2 Å². The van der Waals surface area contributed by atoms with Crippen molar-refractivity contribution in [3.05, 3.63) is 0 Å². The van der Waals surface area contributed by atoms with E-state index in [1.54, 1.807) is 0 Å². The molecule has 1 saturated heterocycles. The minimum absolute atomic E-state index is 0.159. The van der Waals surface area contributed by atoms with Crippen molar-refractivity contribution in [2.45, 2.75) is 56.9 Å². The Bertz CT molecular complexity index is 186. The lowest BCUT2D eigenvalue weighted by atomic mass is 10.1. The predicted octanol–water partition coefficient (Wildman–Crippen LogP) is 0.355. The van der Waals surface area contributed by atoms with Gasteiger partial charge >= 0.3 is 0 Å². The van der Waals surface area contributed by atoms with Crippen LogP contribution in [0.15, 0.2) is 0 Å². The van der Waals surface area contributed by atoms with Gasteiger partial charge in [-0.25, -0.2) is 0 Å². The van der Waals surface area contributed by atoms with Crippen LogP contribution in [-0.4, -0.2) is 45.9 Å². The molecule has 2 rings (SSSR count). The molecule has 2 N–H and O–H groups in total. The highest BCUT2D eigenvalue weighted by atomic mass is 16.3. The third-order valence-electron chi connectivity index (χ3n) is 3.47. The lowest BCUT2D eigenvalue weighted by Crippen LogP contribution is -2.42. The highest BCUT2D eigenvalue weighted by Gasteiger charge is 2.38. The second kappa shape index (κ2) is 3.56. The largest absolute Gasteiger partial charge is 0.392 e. The van der Waals surface area contributed by atoms with Gasteiger partial charge in [-0.1, -0.05) is 0 Å². The molecular weight excluding hydrogens is 166 g/mol. The van der Waals surface area contributed by atoms with Crippen LogP contribution in [0.5, 0.6) is 0 Å². The molecule has 4 atom stereocenters. The average Bonchev–Trinajstić information content (AvgIpc) is 2.58. The highest BCUT2D eigenvalue weighted by Crippen LogP contribution is 2.30. The molecule has 2 aliphatic rings. The molecule has 0 aromatic carbocycles. The third-order valence-corrected chi connectivity index (χ3v) is 3.47. The van der Waals surface area contributed by atoms with Crippen LogP contribution < -0.4 is 0 Å². The normalized spacial score (nSPS) is 47.3. The Balaban J connectivity index is 1.99. The monoisotopic (exact) mass is 185 g/mol. The fraction of sp³-hybridized carbons (Fsp3) is 1.00. The van der Waals surface area contributed by atoms with Crippen molar-refractivity contribution in [3.63, 3.8) is 0 Å². The molecular formula is C10H19NO2. The van der Waals surface area contributed by atoms with E-state index in [-0.39, 0.29) is 12.2 Å². The van der Waals surface area contributed by atoms with E-state index in [1.807, 2.05) is 0 Å². The molecule has 1 aliphatic heterocycles. The molecule has 3 nitrogen and oxygen atoms in total. The van der Waals surface area contributed by atoms with Gasteiger partial charge in [0.2, 0.25) is 0 Å². The van der Waals surface area contributed by atoms with E-state index in [2.05, 4.69) is 11.8 Å². The van der Waals surface area contributed by atoms with Gasteiger partial charge in [0.15, 0.2) is 0 Å². The zero-order chi connectivity index (χ0) is 9.42. The Hall–Kier alpha value is -0.120. The Morgan fingerprint density at radius 1 is 1.23 bits per heavy atom. The standard InChI is InChI=1S/C10H19NO2/c1-7-5-8(12)6-11(7)9-3-2-4-10(9)13/h7-10,12-13H,2-6H2,1H3/t7?,8?,9-,10-/m1/s1. The quantitative estimate of drug-likeness (QED) is 0.619. The molecule has 76 valence electrons. The van der Waals surface area contributed by atoms with E-state index in [4.69, 9.17) is 0 Å². The molecule has 0 aromatic heterocycles. The summed E-state index contributed by atoms with van der Waals surface area (Å²) in [5.41, 5.74) is 0. The van der Waals surface area contributed by atoms with Crippen molar-refractivity contribution >= 4 is 0 Å². The number of likely N-dealkylation sites (tertiary alicyclic amines) is 1. The SMILES string of the molecule is CC1CC(O)CN1[C@@H]1CCC[C@H]1O. The van der Waals surface area contributed by atoms with E-state index in [0.29, 0.717) is 12.1 Å². The second-order valence-corrected chi connectivity index (χ2v) is 4.50. The van der Waals surface area contributed by atoms with E-state index in [0.717, 1.165) is 32.2 Å². The first-order valence-electron chi connectivity index (χ1n) is 5.30. The summed E-state index contributed by atoms with van der Waals surface area (Å²) in [7, 11) is 0. The van der Waals surface area contributed by atoms with Crippen LogP contribution in [0.2, 0.25) is 0 Å². The van der Waals surface area contributed by atoms with Crippen LogP contribution in [0.3, 0.4) is 0 Å². The minimum atomic E-state index is -0.178. The molecule has 3 heteroatoms. The predicted molar refractivity (Wildman–Crippen MR) is 50.4 cm³/mol. The van der Waals surface area contributed by atoms with Crippen molar-refractivity contribution in [1.29, 1.82) is 0 Å². The van der Waals surface area contributed by atoms with Crippen LogP contribution in [0.25, 0.3) is 0 Å². The van der Waals surface area contributed by atoms with Crippen molar-refractivity contribution < 1.29 is 10.2 Å². The number of hydrogen-bond acceptors (Lipinski definition) is 3. The Morgan fingerprint density at radius 3 is 2.46 bits per heavy atom. The number of rotatable bonds is 1. The number of hydrogen-bond donors (Lipinski definition) is 2. The molecule has 13 heavy (non-hydrogen) atoms. The maximum absolute atomic E-state index is 9.73. The summed E-state index contributed by atoms with van der Waals surface area (Å²) in [6.45, 7) is 2.89. The molecule has 2 unspecified atom stereocenters. The first-order chi connectivity index (χ1) is 6.18. The Morgan fingerprint density at radius 2 is 2.00 bits per heavy atom. The number of aliphatic hydroxyl groups excluding tert-OH is 2. The summed E-state index contributed by atoms with van der Waals surface area (Å²) in [6.07, 6.45) is 3.69.